The number of aliphatic carboxylic acids is 1. The van der Waals surface area contributed by atoms with Gasteiger partial charge in [0.05, 0.1) is 5.92 Å². The second kappa shape index (κ2) is 5.54. The normalized spacial score (nSPS) is 33.6. The van der Waals surface area contributed by atoms with Gasteiger partial charge in [0.1, 0.15) is 0 Å². The molecule has 0 spiro atoms. The number of carbonyl (C=O) groups is 1. The Hall–Kier alpha value is -1.39. The molecule has 2 saturated carbocycles. The van der Waals surface area contributed by atoms with Gasteiger partial charge >= 0.3 is 5.97 Å². The van der Waals surface area contributed by atoms with Crippen LogP contribution in [-0.4, -0.2) is 21.2 Å². The van der Waals surface area contributed by atoms with Gasteiger partial charge in [0, 0.05) is 11.8 Å². The van der Waals surface area contributed by atoms with E-state index >= 15 is 0 Å². The molecule has 0 aromatic carbocycles. The lowest BCUT2D eigenvalue weighted by molar-refractivity contribution is -0.141. The Morgan fingerprint density at radius 2 is 2.05 bits per heavy atom. The Morgan fingerprint density at radius 3 is 2.70 bits per heavy atom. The van der Waals surface area contributed by atoms with Gasteiger partial charge in [-0.1, -0.05) is 18.5 Å². The molecule has 2 aliphatic rings. The summed E-state index contributed by atoms with van der Waals surface area (Å²) in [5.41, 5.74) is 0. The number of hydrogen-bond acceptors (Lipinski definition) is 4. The van der Waals surface area contributed by atoms with Crippen molar-refractivity contribution in [3.05, 3.63) is 11.7 Å². The lowest BCUT2D eigenvalue weighted by Crippen LogP contribution is -2.09. The van der Waals surface area contributed by atoms with Gasteiger partial charge in [0.25, 0.3) is 0 Å². The standard InChI is InChI=1S/C15H22N2O3/c1-2-9-3-4-10(7-9)13-16-14(20-17-13)11-5-6-12(8-11)15(18)19/h9-12H,2-8H2,1H3,(H,18,19). The minimum Gasteiger partial charge on any atom is -0.481 e. The second-order valence-electron chi connectivity index (χ2n) is 6.32. The summed E-state index contributed by atoms with van der Waals surface area (Å²) in [6, 6.07) is 0. The average molecular weight is 278 g/mol. The Balaban J connectivity index is 1.64. The molecular formula is C15H22N2O3. The predicted octanol–water partition coefficient (Wildman–Crippen LogP) is 3.33. The van der Waals surface area contributed by atoms with Crippen molar-refractivity contribution in [2.45, 2.75) is 63.7 Å². The van der Waals surface area contributed by atoms with Gasteiger partial charge in [-0.3, -0.25) is 4.79 Å². The third kappa shape index (κ3) is 2.58. The Kier molecular flexibility index (Phi) is 3.76. The summed E-state index contributed by atoms with van der Waals surface area (Å²) in [5.74, 6) is 1.93. The highest BCUT2D eigenvalue weighted by Crippen LogP contribution is 2.41. The molecule has 0 bridgehead atoms. The SMILES string of the molecule is CCC1CCC(c2noc(C3CCC(C(=O)O)C3)n2)C1. The first-order chi connectivity index (χ1) is 9.67. The van der Waals surface area contributed by atoms with Gasteiger partial charge in [-0.2, -0.15) is 4.98 Å². The molecule has 5 heteroatoms. The van der Waals surface area contributed by atoms with Crippen molar-refractivity contribution < 1.29 is 14.4 Å². The fraction of sp³-hybridized carbons (Fsp3) is 0.800. The number of carboxylic acid groups (broad SMARTS) is 1. The van der Waals surface area contributed by atoms with E-state index in [0.717, 1.165) is 37.4 Å². The van der Waals surface area contributed by atoms with Crippen molar-refractivity contribution in [2.24, 2.45) is 11.8 Å². The monoisotopic (exact) mass is 278 g/mol. The van der Waals surface area contributed by atoms with Crippen LogP contribution in [0.5, 0.6) is 0 Å². The highest BCUT2D eigenvalue weighted by Gasteiger charge is 2.35. The summed E-state index contributed by atoms with van der Waals surface area (Å²) in [7, 11) is 0. The van der Waals surface area contributed by atoms with Gasteiger partial charge in [0.15, 0.2) is 5.82 Å². The van der Waals surface area contributed by atoms with Crippen molar-refractivity contribution in [1.82, 2.24) is 10.1 Å². The van der Waals surface area contributed by atoms with Gasteiger partial charge in [-0.05, 0) is 44.4 Å². The topological polar surface area (TPSA) is 76.2 Å². The molecule has 1 heterocycles. The molecule has 4 unspecified atom stereocenters. The quantitative estimate of drug-likeness (QED) is 0.914. The van der Waals surface area contributed by atoms with Crippen LogP contribution < -0.4 is 0 Å². The van der Waals surface area contributed by atoms with Crippen LogP contribution in [0.25, 0.3) is 0 Å². The van der Waals surface area contributed by atoms with Crippen LogP contribution in [0.15, 0.2) is 4.52 Å². The molecule has 3 rings (SSSR count). The number of hydrogen-bond donors (Lipinski definition) is 1. The second-order valence-corrected chi connectivity index (χ2v) is 6.32. The molecule has 0 aliphatic heterocycles. The van der Waals surface area contributed by atoms with Crippen molar-refractivity contribution in [3.8, 4) is 0 Å². The smallest absolute Gasteiger partial charge is 0.306 e. The van der Waals surface area contributed by atoms with Gasteiger partial charge in [0.2, 0.25) is 5.89 Å². The number of rotatable bonds is 4. The Morgan fingerprint density at radius 1 is 1.25 bits per heavy atom. The first-order valence-corrected chi connectivity index (χ1v) is 7.73. The molecule has 20 heavy (non-hydrogen) atoms. The first-order valence-electron chi connectivity index (χ1n) is 7.73. The van der Waals surface area contributed by atoms with E-state index in [4.69, 9.17) is 9.63 Å². The molecule has 110 valence electrons. The maximum Gasteiger partial charge on any atom is 0.306 e. The van der Waals surface area contributed by atoms with Crippen molar-refractivity contribution in [2.75, 3.05) is 0 Å². The van der Waals surface area contributed by atoms with E-state index in [1.54, 1.807) is 0 Å². The fourth-order valence-electron chi connectivity index (χ4n) is 3.69. The van der Waals surface area contributed by atoms with Crippen LogP contribution in [0.1, 0.15) is 75.4 Å². The van der Waals surface area contributed by atoms with Gasteiger partial charge < -0.3 is 9.63 Å². The molecule has 1 aromatic heterocycles. The third-order valence-electron chi connectivity index (χ3n) is 5.07. The van der Waals surface area contributed by atoms with E-state index in [1.165, 1.54) is 12.8 Å². The number of nitrogens with zero attached hydrogens (tertiary/aromatic N) is 2. The lowest BCUT2D eigenvalue weighted by atomic mass is 10.0. The Labute approximate surface area is 118 Å². The first kappa shape index (κ1) is 13.6. The van der Waals surface area contributed by atoms with Crippen molar-refractivity contribution >= 4 is 5.97 Å². The molecule has 5 nitrogen and oxygen atoms in total. The third-order valence-corrected chi connectivity index (χ3v) is 5.07. The zero-order valence-electron chi connectivity index (χ0n) is 11.9. The average Bonchev–Trinajstić information content (AvgIpc) is 3.17. The Bertz CT molecular complexity index is 485. The highest BCUT2D eigenvalue weighted by molar-refractivity contribution is 5.70. The summed E-state index contributed by atoms with van der Waals surface area (Å²) in [5, 5.41) is 13.2. The molecule has 2 aliphatic carbocycles. The molecule has 4 atom stereocenters. The van der Waals surface area contributed by atoms with Gasteiger partial charge in [-0.15, -0.1) is 0 Å². The van der Waals surface area contributed by atoms with E-state index in [2.05, 4.69) is 17.1 Å². The minimum atomic E-state index is -0.700. The van der Waals surface area contributed by atoms with E-state index < -0.39 is 5.97 Å². The fourth-order valence-corrected chi connectivity index (χ4v) is 3.69. The highest BCUT2D eigenvalue weighted by atomic mass is 16.5. The zero-order chi connectivity index (χ0) is 14.1. The van der Waals surface area contributed by atoms with E-state index in [0.29, 0.717) is 18.2 Å². The zero-order valence-corrected chi connectivity index (χ0v) is 11.9. The minimum absolute atomic E-state index is 0.140. The van der Waals surface area contributed by atoms with Gasteiger partial charge in [-0.25, -0.2) is 0 Å². The molecular weight excluding hydrogens is 256 g/mol. The molecule has 1 N–H and O–H groups in total. The van der Waals surface area contributed by atoms with Crippen molar-refractivity contribution in [3.63, 3.8) is 0 Å². The van der Waals surface area contributed by atoms with Crippen LogP contribution >= 0.6 is 0 Å². The molecule has 0 saturated heterocycles. The van der Waals surface area contributed by atoms with Crippen LogP contribution in [0.3, 0.4) is 0 Å². The molecule has 0 amide bonds. The largest absolute Gasteiger partial charge is 0.481 e. The summed E-state index contributed by atoms with van der Waals surface area (Å²) in [6.45, 7) is 2.24. The molecule has 2 fully saturated rings. The van der Waals surface area contributed by atoms with Crippen LogP contribution in [0.2, 0.25) is 0 Å². The number of aromatic nitrogens is 2. The van der Waals surface area contributed by atoms with Crippen LogP contribution in [0, 0.1) is 11.8 Å². The number of carboxylic acids is 1. The van der Waals surface area contributed by atoms with Crippen LogP contribution in [-0.2, 0) is 4.79 Å². The maximum absolute atomic E-state index is 11.0. The van der Waals surface area contributed by atoms with E-state index in [1.807, 2.05) is 0 Å². The summed E-state index contributed by atoms with van der Waals surface area (Å²) >= 11 is 0. The summed E-state index contributed by atoms with van der Waals surface area (Å²) < 4.78 is 5.40. The summed E-state index contributed by atoms with van der Waals surface area (Å²) in [4.78, 5) is 15.6. The predicted molar refractivity (Wildman–Crippen MR) is 72.4 cm³/mol. The molecule has 1 aromatic rings. The lowest BCUT2D eigenvalue weighted by Gasteiger charge is -2.05. The molecule has 0 radical (unpaired) electrons. The van der Waals surface area contributed by atoms with Crippen molar-refractivity contribution in [1.29, 1.82) is 0 Å². The van der Waals surface area contributed by atoms with E-state index in [9.17, 15) is 4.79 Å². The summed E-state index contributed by atoms with van der Waals surface area (Å²) in [6.07, 6.45) is 7.01. The van der Waals surface area contributed by atoms with E-state index in [-0.39, 0.29) is 11.8 Å². The maximum atomic E-state index is 11.0. The van der Waals surface area contributed by atoms with Crippen LogP contribution in [0.4, 0.5) is 0 Å².